The molecule has 1 heterocycles. The lowest BCUT2D eigenvalue weighted by atomic mass is 10.2. The zero-order valence-corrected chi connectivity index (χ0v) is 12.9. The predicted octanol–water partition coefficient (Wildman–Crippen LogP) is 2.83. The van der Waals surface area contributed by atoms with Gasteiger partial charge in [-0.3, -0.25) is 0 Å². The monoisotopic (exact) mass is 295 g/mol. The Morgan fingerprint density at radius 1 is 1.20 bits per heavy atom. The summed E-state index contributed by atoms with van der Waals surface area (Å²) >= 11 is 5.90. The van der Waals surface area contributed by atoms with E-state index in [0.29, 0.717) is 5.92 Å². The highest BCUT2D eigenvalue weighted by atomic mass is 35.5. The predicted molar refractivity (Wildman–Crippen MR) is 83.5 cm³/mol. The Bertz CT molecular complexity index is 439. The molecular formula is C15H22ClN3O. The molecule has 1 saturated heterocycles. The lowest BCUT2D eigenvalue weighted by Crippen LogP contribution is -2.52. The third-order valence-electron chi connectivity index (χ3n) is 3.42. The van der Waals surface area contributed by atoms with Crippen LogP contribution in [0.5, 0.6) is 0 Å². The number of piperazine rings is 1. The average Bonchev–Trinajstić information content (AvgIpc) is 2.46. The number of urea groups is 1. The highest BCUT2D eigenvalue weighted by Gasteiger charge is 2.21. The number of benzene rings is 1. The van der Waals surface area contributed by atoms with Crippen LogP contribution in [0.1, 0.15) is 13.8 Å². The second-order valence-corrected chi connectivity index (χ2v) is 5.97. The van der Waals surface area contributed by atoms with Crippen molar-refractivity contribution in [1.82, 2.24) is 10.2 Å². The standard InChI is InChI=1S/C15H22ClN3O/c1-12(2)11-17-15(20)19-9-7-18(8-10-19)14-5-3-13(16)4-6-14/h3-6,12H,7-11H2,1-2H3,(H,17,20). The smallest absolute Gasteiger partial charge is 0.317 e. The molecule has 1 aromatic carbocycles. The molecule has 2 rings (SSSR count). The summed E-state index contributed by atoms with van der Waals surface area (Å²) in [7, 11) is 0. The molecule has 0 aliphatic carbocycles. The number of anilines is 1. The molecule has 0 unspecified atom stereocenters. The van der Waals surface area contributed by atoms with Crippen LogP contribution in [0.4, 0.5) is 10.5 Å². The quantitative estimate of drug-likeness (QED) is 0.931. The number of halogens is 1. The van der Waals surface area contributed by atoms with Gasteiger partial charge in [0.1, 0.15) is 0 Å². The van der Waals surface area contributed by atoms with Crippen molar-refractivity contribution >= 4 is 23.3 Å². The van der Waals surface area contributed by atoms with Gasteiger partial charge in [0.05, 0.1) is 0 Å². The first-order valence-electron chi connectivity index (χ1n) is 7.09. The van der Waals surface area contributed by atoms with Crippen molar-refractivity contribution in [2.24, 2.45) is 5.92 Å². The van der Waals surface area contributed by atoms with E-state index in [0.717, 1.165) is 43.4 Å². The molecule has 110 valence electrons. The van der Waals surface area contributed by atoms with E-state index in [1.807, 2.05) is 29.2 Å². The molecule has 1 fully saturated rings. The number of hydrogen-bond donors (Lipinski definition) is 1. The number of amides is 2. The average molecular weight is 296 g/mol. The fourth-order valence-corrected chi connectivity index (χ4v) is 2.35. The van der Waals surface area contributed by atoms with Crippen LogP contribution in [0.15, 0.2) is 24.3 Å². The van der Waals surface area contributed by atoms with Crippen LogP contribution in [0.3, 0.4) is 0 Å². The number of carbonyl (C=O) groups is 1. The molecule has 0 radical (unpaired) electrons. The van der Waals surface area contributed by atoms with Gasteiger partial charge in [-0.15, -0.1) is 0 Å². The molecule has 20 heavy (non-hydrogen) atoms. The van der Waals surface area contributed by atoms with Gasteiger partial charge in [-0.25, -0.2) is 4.79 Å². The van der Waals surface area contributed by atoms with Gasteiger partial charge < -0.3 is 15.1 Å². The second kappa shape index (κ2) is 6.84. The van der Waals surface area contributed by atoms with E-state index in [1.54, 1.807) is 0 Å². The number of nitrogens with zero attached hydrogens (tertiary/aromatic N) is 2. The van der Waals surface area contributed by atoms with Crippen molar-refractivity contribution in [2.75, 3.05) is 37.6 Å². The summed E-state index contributed by atoms with van der Waals surface area (Å²) in [5.74, 6) is 0.481. The molecule has 0 saturated carbocycles. The SMILES string of the molecule is CC(C)CNC(=O)N1CCN(c2ccc(Cl)cc2)CC1. The third kappa shape index (κ3) is 4.04. The number of carbonyl (C=O) groups excluding carboxylic acids is 1. The third-order valence-corrected chi connectivity index (χ3v) is 3.67. The highest BCUT2D eigenvalue weighted by molar-refractivity contribution is 6.30. The van der Waals surface area contributed by atoms with Crippen LogP contribution in [0, 0.1) is 5.92 Å². The number of hydrogen-bond acceptors (Lipinski definition) is 2. The fraction of sp³-hybridized carbons (Fsp3) is 0.533. The lowest BCUT2D eigenvalue weighted by molar-refractivity contribution is 0.193. The minimum absolute atomic E-state index is 0.0504. The lowest BCUT2D eigenvalue weighted by Gasteiger charge is -2.36. The first-order chi connectivity index (χ1) is 9.56. The molecule has 1 N–H and O–H groups in total. The van der Waals surface area contributed by atoms with E-state index in [4.69, 9.17) is 11.6 Å². The maximum Gasteiger partial charge on any atom is 0.317 e. The Balaban J connectivity index is 1.83. The topological polar surface area (TPSA) is 35.6 Å². The zero-order chi connectivity index (χ0) is 14.5. The molecule has 5 heteroatoms. The number of nitrogens with one attached hydrogen (secondary N) is 1. The first kappa shape index (κ1) is 15.0. The molecule has 0 aromatic heterocycles. The van der Waals surface area contributed by atoms with Gasteiger partial charge in [-0.1, -0.05) is 25.4 Å². The highest BCUT2D eigenvalue weighted by Crippen LogP contribution is 2.19. The zero-order valence-electron chi connectivity index (χ0n) is 12.1. The van der Waals surface area contributed by atoms with Crippen LogP contribution in [0.2, 0.25) is 5.02 Å². The number of rotatable bonds is 3. The Hall–Kier alpha value is -1.42. The maximum atomic E-state index is 12.0. The van der Waals surface area contributed by atoms with Gasteiger partial charge in [-0.2, -0.15) is 0 Å². The summed E-state index contributed by atoms with van der Waals surface area (Å²) in [6.07, 6.45) is 0. The van der Waals surface area contributed by atoms with Crippen LogP contribution >= 0.6 is 11.6 Å². The summed E-state index contributed by atoms with van der Waals surface area (Å²) in [5, 5.41) is 3.72. The molecule has 0 atom stereocenters. The largest absolute Gasteiger partial charge is 0.368 e. The Kier molecular flexibility index (Phi) is 5.12. The van der Waals surface area contributed by atoms with Gasteiger partial charge in [0.15, 0.2) is 0 Å². The second-order valence-electron chi connectivity index (χ2n) is 5.53. The minimum atomic E-state index is 0.0504. The van der Waals surface area contributed by atoms with Crippen molar-refractivity contribution in [1.29, 1.82) is 0 Å². The van der Waals surface area contributed by atoms with Gasteiger partial charge in [0, 0.05) is 43.4 Å². The fourth-order valence-electron chi connectivity index (χ4n) is 2.22. The van der Waals surface area contributed by atoms with E-state index in [2.05, 4.69) is 24.1 Å². The van der Waals surface area contributed by atoms with Crippen LogP contribution < -0.4 is 10.2 Å². The van der Waals surface area contributed by atoms with Gasteiger partial charge in [0.25, 0.3) is 0 Å². The van der Waals surface area contributed by atoms with E-state index >= 15 is 0 Å². The molecule has 2 amide bonds. The van der Waals surface area contributed by atoms with E-state index in [9.17, 15) is 4.79 Å². The summed E-state index contributed by atoms with van der Waals surface area (Å²) in [5.41, 5.74) is 1.16. The molecular weight excluding hydrogens is 274 g/mol. The van der Waals surface area contributed by atoms with Crippen molar-refractivity contribution in [2.45, 2.75) is 13.8 Å². The summed E-state index contributed by atoms with van der Waals surface area (Å²) in [6.45, 7) is 8.15. The van der Waals surface area contributed by atoms with Gasteiger partial charge in [-0.05, 0) is 30.2 Å². The first-order valence-corrected chi connectivity index (χ1v) is 7.47. The molecule has 1 aliphatic rings. The Morgan fingerprint density at radius 2 is 1.80 bits per heavy atom. The molecule has 0 bridgehead atoms. The van der Waals surface area contributed by atoms with Crippen molar-refractivity contribution in [3.8, 4) is 0 Å². The van der Waals surface area contributed by atoms with E-state index < -0.39 is 0 Å². The van der Waals surface area contributed by atoms with Gasteiger partial charge >= 0.3 is 6.03 Å². The van der Waals surface area contributed by atoms with E-state index in [1.165, 1.54) is 0 Å². The Morgan fingerprint density at radius 3 is 2.35 bits per heavy atom. The maximum absolute atomic E-state index is 12.0. The van der Waals surface area contributed by atoms with Crippen LogP contribution in [0.25, 0.3) is 0 Å². The Labute approximate surface area is 125 Å². The van der Waals surface area contributed by atoms with Crippen molar-refractivity contribution in [3.63, 3.8) is 0 Å². The van der Waals surface area contributed by atoms with Crippen LogP contribution in [-0.4, -0.2) is 43.7 Å². The minimum Gasteiger partial charge on any atom is -0.368 e. The molecule has 0 spiro atoms. The van der Waals surface area contributed by atoms with Crippen LogP contribution in [-0.2, 0) is 0 Å². The summed E-state index contributed by atoms with van der Waals surface area (Å²) < 4.78 is 0. The molecule has 4 nitrogen and oxygen atoms in total. The molecule has 1 aliphatic heterocycles. The summed E-state index contributed by atoms with van der Waals surface area (Å²) in [4.78, 5) is 16.1. The molecule has 1 aromatic rings. The van der Waals surface area contributed by atoms with Crippen molar-refractivity contribution in [3.05, 3.63) is 29.3 Å². The van der Waals surface area contributed by atoms with Crippen molar-refractivity contribution < 1.29 is 4.79 Å². The normalized spacial score (nSPS) is 15.6. The van der Waals surface area contributed by atoms with Gasteiger partial charge in [0.2, 0.25) is 0 Å². The summed E-state index contributed by atoms with van der Waals surface area (Å²) in [6, 6.07) is 7.90. The van der Waals surface area contributed by atoms with E-state index in [-0.39, 0.29) is 6.03 Å².